The molecule has 1 spiro atoms. The Morgan fingerprint density at radius 3 is 1.49 bits per heavy atom. The summed E-state index contributed by atoms with van der Waals surface area (Å²) in [5, 5.41) is 0. The summed E-state index contributed by atoms with van der Waals surface area (Å²) in [5.74, 6) is 0. The number of para-hydroxylation sites is 1. The van der Waals surface area contributed by atoms with Crippen LogP contribution in [0.1, 0.15) is 35.1 Å². The summed E-state index contributed by atoms with van der Waals surface area (Å²) in [6.07, 6.45) is 17.9. The Morgan fingerprint density at radius 2 is 0.965 bits per heavy atom. The number of allylic oxidation sites excluding steroid dienone is 4. The van der Waals surface area contributed by atoms with Gasteiger partial charge in [0, 0.05) is 42.9 Å². The van der Waals surface area contributed by atoms with Gasteiger partial charge in [-0.15, -0.1) is 0 Å². The molecule has 6 aromatic heterocycles. The normalized spacial score (nSPS) is 14.5. The molecule has 12 heteroatoms. The lowest BCUT2D eigenvalue weighted by Gasteiger charge is -2.30. The first-order chi connectivity index (χ1) is 28.1. The van der Waals surface area contributed by atoms with Crippen molar-refractivity contribution in [1.29, 1.82) is 0 Å². The topological polar surface area (TPSA) is 131 Å². The summed E-state index contributed by atoms with van der Waals surface area (Å²) in [6.45, 7) is 0. The summed E-state index contributed by atoms with van der Waals surface area (Å²) in [6, 6.07) is 29.8. The Bertz CT molecular complexity index is 3320. The van der Waals surface area contributed by atoms with Crippen molar-refractivity contribution < 1.29 is 0 Å². The molecule has 0 amide bonds. The molecule has 57 heavy (non-hydrogen) atoms. The fourth-order valence-corrected chi connectivity index (χ4v) is 9.21. The van der Waals surface area contributed by atoms with Crippen molar-refractivity contribution in [3.63, 3.8) is 0 Å². The molecule has 0 bridgehead atoms. The highest BCUT2D eigenvalue weighted by Gasteiger charge is 2.53. The maximum absolute atomic E-state index is 14.6. The van der Waals surface area contributed by atoms with E-state index >= 15 is 0 Å². The molecule has 0 atom stereocenters. The van der Waals surface area contributed by atoms with Gasteiger partial charge in [0.2, 0.25) is 0 Å². The van der Waals surface area contributed by atoms with Crippen LogP contribution in [0.4, 0.5) is 0 Å². The van der Waals surface area contributed by atoms with Gasteiger partial charge in [-0.1, -0.05) is 54.6 Å². The number of nitrogens with zero attached hydrogens (tertiary/aromatic N) is 10. The van der Waals surface area contributed by atoms with Crippen LogP contribution in [-0.4, -0.2) is 48.2 Å². The predicted molar refractivity (Wildman–Crippen MR) is 216 cm³/mol. The molecule has 0 N–H and O–H groups in total. The number of hydrogen-bond acceptors (Lipinski definition) is 8. The van der Waals surface area contributed by atoms with E-state index in [0.29, 0.717) is 39.7 Å². The number of rotatable bonds is 4. The van der Waals surface area contributed by atoms with E-state index in [-0.39, 0.29) is 11.4 Å². The predicted octanol–water partition coefficient (Wildman–Crippen LogP) is 6.79. The molecule has 0 unspecified atom stereocenters. The van der Waals surface area contributed by atoms with Gasteiger partial charge in [0.15, 0.2) is 22.6 Å². The van der Waals surface area contributed by atoms with E-state index in [9.17, 15) is 9.59 Å². The minimum atomic E-state index is -0.904. The summed E-state index contributed by atoms with van der Waals surface area (Å²) in [4.78, 5) is 57.5. The van der Waals surface area contributed by atoms with Crippen molar-refractivity contribution in [3.8, 4) is 39.6 Å². The van der Waals surface area contributed by atoms with Crippen LogP contribution in [0.15, 0.2) is 156 Å². The van der Waals surface area contributed by atoms with Crippen molar-refractivity contribution >= 4 is 28.3 Å². The molecule has 0 fully saturated rings. The summed E-state index contributed by atoms with van der Waals surface area (Å²) in [5.41, 5.74) is 10.5. The number of imidazole rings is 2. The second-order valence-corrected chi connectivity index (χ2v) is 14.3. The first-order valence-electron chi connectivity index (χ1n) is 18.7. The Hall–Kier alpha value is -7.86. The lowest BCUT2D eigenvalue weighted by Crippen LogP contribution is -2.28. The summed E-state index contributed by atoms with van der Waals surface area (Å²) in [7, 11) is 0. The van der Waals surface area contributed by atoms with Gasteiger partial charge in [-0.3, -0.25) is 9.97 Å². The Kier molecular flexibility index (Phi) is 6.39. The van der Waals surface area contributed by atoms with Crippen LogP contribution >= 0.6 is 0 Å². The smallest absolute Gasteiger partial charge is 0.254 e. The van der Waals surface area contributed by atoms with Crippen molar-refractivity contribution in [2.75, 3.05) is 0 Å². The zero-order chi connectivity index (χ0) is 37.8. The van der Waals surface area contributed by atoms with E-state index in [0.717, 1.165) is 63.3 Å². The second-order valence-electron chi connectivity index (χ2n) is 14.3. The Balaban J connectivity index is 1.15. The van der Waals surface area contributed by atoms with Crippen molar-refractivity contribution in [1.82, 2.24) is 48.2 Å². The van der Waals surface area contributed by atoms with E-state index in [1.54, 1.807) is 55.4 Å². The van der Waals surface area contributed by atoms with Crippen molar-refractivity contribution in [2.24, 2.45) is 0 Å². The van der Waals surface area contributed by atoms with Gasteiger partial charge in [0.25, 0.3) is 0 Å². The number of benzene rings is 3. The van der Waals surface area contributed by atoms with Crippen LogP contribution in [0.5, 0.6) is 0 Å². The lowest BCUT2D eigenvalue weighted by molar-refractivity contribution is 0.784. The molecule has 9 aromatic rings. The molecule has 12 rings (SSSR count). The van der Waals surface area contributed by atoms with Crippen LogP contribution in [-0.2, 0) is 5.41 Å². The maximum atomic E-state index is 14.6. The van der Waals surface area contributed by atoms with E-state index in [1.165, 1.54) is 0 Å². The fraction of sp³-hybridized carbons (Fsp3) is 0.0667. The molecule has 0 saturated heterocycles. The average molecular weight is 741 g/mol. The van der Waals surface area contributed by atoms with Gasteiger partial charge in [0.05, 0.1) is 33.9 Å². The number of pyridine rings is 2. The first-order valence-corrected chi connectivity index (χ1v) is 18.7. The third-order valence-corrected chi connectivity index (χ3v) is 11.4. The van der Waals surface area contributed by atoms with Crippen LogP contribution in [0.25, 0.3) is 67.9 Å². The van der Waals surface area contributed by atoms with E-state index in [1.807, 2.05) is 60.7 Å². The fourth-order valence-electron chi connectivity index (χ4n) is 9.21. The van der Waals surface area contributed by atoms with Gasteiger partial charge in [-0.05, 0) is 101 Å². The van der Waals surface area contributed by atoms with Gasteiger partial charge in [-0.2, -0.15) is 0 Å². The largest absolute Gasteiger partial charge is 0.340 e. The average Bonchev–Trinajstić information content (AvgIpc) is 3.94. The minimum Gasteiger partial charge on any atom is -0.254 e. The van der Waals surface area contributed by atoms with E-state index < -0.39 is 5.41 Å². The van der Waals surface area contributed by atoms with Gasteiger partial charge < -0.3 is 0 Å². The second kappa shape index (κ2) is 11.6. The number of fused-ring (bicyclic) bond motifs is 12. The lowest BCUT2D eigenvalue weighted by atomic mass is 9.71. The van der Waals surface area contributed by atoms with Crippen LogP contribution in [0.3, 0.4) is 0 Å². The SMILES string of the molecule is O=c1n(C2=CCCC=C2)c2nccnc2n1-c1ccc2c(c1)C1(c3cc(-n4c(=O)n(-c5ccccc5)c5nccnc54)ccc3-2)c2cccnc2-c2ncccc21. The minimum absolute atomic E-state index is 0.258. The zero-order valence-electron chi connectivity index (χ0n) is 30.1. The third kappa shape index (κ3) is 4.10. The highest BCUT2D eigenvalue weighted by molar-refractivity contribution is 5.94. The molecule has 0 aliphatic heterocycles. The van der Waals surface area contributed by atoms with Crippen LogP contribution in [0.2, 0.25) is 0 Å². The number of hydrogen-bond donors (Lipinski definition) is 0. The highest BCUT2D eigenvalue weighted by atomic mass is 16.2. The molecule has 270 valence electrons. The third-order valence-electron chi connectivity index (χ3n) is 11.4. The number of aromatic nitrogens is 10. The molecule has 0 radical (unpaired) electrons. The molecule has 3 aliphatic carbocycles. The molecular formula is C45H28N10O2. The van der Waals surface area contributed by atoms with Gasteiger partial charge in [0.1, 0.15) is 0 Å². The summed E-state index contributed by atoms with van der Waals surface area (Å²) < 4.78 is 6.51. The molecule has 6 heterocycles. The maximum Gasteiger partial charge on any atom is 0.340 e. The van der Waals surface area contributed by atoms with Crippen LogP contribution in [0, 0.1) is 0 Å². The molecule has 3 aromatic carbocycles. The van der Waals surface area contributed by atoms with Crippen molar-refractivity contribution in [2.45, 2.75) is 18.3 Å². The Morgan fingerprint density at radius 1 is 0.456 bits per heavy atom. The zero-order valence-corrected chi connectivity index (χ0v) is 30.1. The summed E-state index contributed by atoms with van der Waals surface area (Å²) >= 11 is 0. The van der Waals surface area contributed by atoms with Crippen LogP contribution < -0.4 is 11.4 Å². The Labute approximate surface area is 323 Å². The van der Waals surface area contributed by atoms with Gasteiger partial charge in [-0.25, -0.2) is 47.8 Å². The monoisotopic (exact) mass is 740 g/mol. The molecular weight excluding hydrogens is 713 g/mol. The molecule has 3 aliphatic rings. The molecule has 0 saturated carbocycles. The van der Waals surface area contributed by atoms with Crippen molar-refractivity contribution in [3.05, 3.63) is 190 Å². The van der Waals surface area contributed by atoms with E-state index in [4.69, 9.17) is 15.0 Å². The molecule has 12 nitrogen and oxygen atoms in total. The van der Waals surface area contributed by atoms with Gasteiger partial charge >= 0.3 is 11.4 Å². The van der Waals surface area contributed by atoms with E-state index in [2.05, 4.69) is 63.5 Å². The quantitative estimate of drug-likeness (QED) is 0.193. The first kappa shape index (κ1) is 31.5. The standard InChI is InChI=1S/C45H28N10O2/c56-43-52(27-9-3-1-4-10-27)39-41(50-23-21-48-39)54(43)29-15-17-31-32-18-16-30(55-42-40(49-22-24-51-42)53(44(55)57)28-11-5-2-6-12-28)26-36(32)45(35(31)25-29)33-13-7-19-46-37(33)38-34(45)14-8-20-47-38/h1,3-5,7-26H,2,6H2. The highest BCUT2D eigenvalue weighted by Crippen LogP contribution is 2.62.